The monoisotopic (exact) mass is 519 g/mol. The highest BCUT2D eigenvalue weighted by Gasteiger charge is 2.32. The van der Waals surface area contributed by atoms with Crippen molar-refractivity contribution in [3.05, 3.63) is 90.5 Å². The number of carbonyl (C=O) groups is 2. The first-order valence-electron chi connectivity index (χ1n) is 12.9. The van der Waals surface area contributed by atoms with Crippen molar-refractivity contribution >= 4 is 17.5 Å². The molecule has 8 heteroatoms. The summed E-state index contributed by atoms with van der Waals surface area (Å²) >= 11 is 0. The zero-order chi connectivity index (χ0) is 27.3. The average Bonchev–Trinajstić information content (AvgIpc) is 3.00. The molecule has 3 aromatic carbocycles. The molecule has 3 aromatic rings. The number of hydrogen-bond acceptors (Lipinski definition) is 6. The van der Waals surface area contributed by atoms with Gasteiger partial charge in [-0.05, 0) is 35.7 Å². The van der Waals surface area contributed by atoms with E-state index in [9.17, 15) is 14.7 Å². The van der Waals surface area contributed by atoms with Crippen molar-refractivity contribution in [1.29, 1.82) is 0 Å². The molecule has 0 radical (unpaired) electrons. The minimum absolute atomic E-state index is 0.296. The Balaban J connectivity index is 0.000000336. The Bertz CT molecular complexity index is 1120. The van der Waals surface area contributed by atoms with E-state index in [1.165, 1.54) is 23.5 Å². The predicted molar refractivity (Wildman–Crippen MR) is 148 cm³/mol. The van der Waals surface area contributed by atoms with Crippen LogP contribution in [0.15, 0.2) is 84.9 Å². The zero-order valence-corrected chi connectivity index (χ0v) is 22.0. The molecule has 1 saturated heterocycles. The predicted octanol–water partition coefficient (Wildman–Crippen LogP) is 3.73. The van der Waals surface area contributed by atoms with Crippen LogP contribution in [0.2, 0.25) is 0 Å². The van der Waals surface area contributed by atoms with Crippen LogP contribution in [0.25, 0.3) is 11.1 Å². The summed E-state index contributed by atoms with van der Waals surface area (Å²) in [5.74, 6) is -2.18. The van der Waals surface area contributed by atoms with Gasteiger partial charge in [0.05, 0.1) is 12.5 Å². The first-order chi connectivity index (χ1) is 18.4. The van der Waals surface area contributed by atoms with Crippen molar-refractivity contribution in [1.82, 2.24) is 10.4 Å². The van der Waals surface area contributed by atoms with Crippen molar-refractivity contribution in [3.63, 3.8) is 0 Å². The third kappa shape index (κ3) is 8.14. The summed E-state index contributed by atoms with van der Waals surface area (Å²) in [5.41, 5.74) is 6.04. The summed E-state index contributed by atoms with van der Waals surface area (Å²) in [6, 6.07) is 28.7. The van der Waals surface area contributed by atoms with Crippen LogP contribution in [-0.4, -0.2) is 65.9 Å². The highest BCUT2D eigenvalue weighted by atomic mass is 16.5. The lowest BCUT2D eigenvalue weighted by atomic mass is 10.0. The van der Waals surface area contributed by atoms with Gasteiger partial charge in [0.25, 0.3) is 5.91 Å². The molecule has 2 amide bonds. The fraction of sp³-hybridized carbons (Fsp3) is 0.333. The van der Waals surface area contributed by atoms with Crippen LogP contribution in [0.3, 0.4) is 0 Å². The summed E-state index contributed by atoms with van der Waals surface area (Å²) < 4.78 is 5.22. The van der Waals surface area contributed by atoms with Gasteiger partial charge in [-0.3, -0.25) is 14.8 Å². The molecule has 0 saturated carbocycles. The summed E-state index contributed by atoms with van der Waals surface area (Å²) in [4.78, 5) is 27.7. The number of aliphatic hydroxyl groups is 1. The molecule has 202 valence electrons. The van der Waals surface area contributed by atoms with Crippen molar-refractivity contribution in [2.24, 2.45) is 5.92 Å². The SMILES string of the molecule is CCOCc1ccccc1.C[C@H](C(=O)N1CCN(c2ccc(-c3ccccc3)cc2)CC1)[C@@H](O)C(=O)NO. The quantitative estimate of drug-likeness (QED) is 0.310. The molecule has 0 unspecified atom stereocenters. The van der Waals surface area contributed by atoms with Crippen LogP contribution in [0.5, 0.6) is 0 Å². The summed E-state index contributed by atoms with van der Waals surface area (Å²) in [5, 5.41) is 18.4. The zero-order valence-electron chi connectivity index (χ0n) is 22.0. The fourth-order valence-electron chi connectivity index (χ4n) is 4.19. The Kier molecular flexibility index (Phi) is 11.3. The lowest BCUT2D eigenvalue weighted by molar-refractivity contribution is -0.149. The normalized spacial score (nSPS) is 14.6. The maximum Gasteiger partial charge on any atom is 0.272 e. The van der Waals surface area contributed by atoms with Gasteiger partial charge in [-0.1, -0.05) is 79.7 Å². The van der Waals surface area contributed by atoms with E-state index in [1.54, 1.807) is 4.90 Å². The maximum atomic E-state index is 12.5. The summed E-state index contributed by atoms with van der Waals surface area (Å²) in [7, 11) is 0. The van der Waals surface area contributed by atoms with Gasteiger partial charge in [0, 0.05) is 38.5 Å². The third-order valence-corrected chi connectivity index (χ3v) is 6.49. The Labute approximate surface area is 224 Å². The Morgan fingerprint density at radius 2 is 1.42 bits per heavy atom. The molecule has 0 bridgehead atoms. The molecule has 38 heavy (non-hydrogen) atoms. The highest BCUT2D eigenvalue weighted by molar-refractivity contribution is 5.88. The molecule has 0 aliphatic carbocycles. The number of nitrogens with zero attached hydrogens (tertiary/aromatic N) is 2. The van der Waals surface area contributed by atoms with Crippen LogP contribution in [0, 0.1) is 5.92 Å². The van der Waals surface area contributed by atoms with Crippen LogP contribution in [0.1, 0.15) is 19.4 Å². The van der Waals surface area contributed by atoms with Crippen LogP contribution >= 0.6 is 0 Å². The van der Waals surface area contributed by atoms with E-state index in [2.05, 4.69) is 53.4 Å². The van der Waals surface area contributed by atoms with Crippen molar-refractivity contribution in [2.45, 2.75) is 26.6 Å². The number of carbonyl (C=O) groups excluding carboxylic acids is 2. The Hall–Kier alpha value is -3.72. The number of aliphatic hydroxyl groups excluding tert-OH is 1. The van der Waals surface area contributed by atoms with Gasteiger partial charge in [-0.25, -0.2) is 5.48 Å². The van der Waals surface area contributed by atoms with Gasteiger partial charge in [-0.2, -0.15) is 0 Å². The van der Waals surface area contributed by atoms with Gasteiger partial charge in [0.15, 0.2) is 0 Å². The van der Waals surface area contributed by atoms with E-state index < -0.39 is 17.9 Å². The lowest BCUT2D eigenvalue weighted by Gasteiger charge is -2.37. The number of piperazine rings is 1. The Morgan fingerprint density at radius 3 is 1.97 bits per heavy atom. The number of ether oxygens (including phenoxy) is 1. The van der Waals surface area contributed by atoms with E-state index in [-0.39, 0.29) is 5.91 Å². The first-order valence-corrected chi connectivity index (χ1v) is 12.9. The molecule has 1 aliphatic rings. The minimum Gasteiger partial charge on any atom is -0.382 e. The van der Waals surface area contributed by atoms with Gasteiger partial charge in [0.1, 0.15) is 6.10 Å². The maximum absolute atomic E-state index is 12.5. The fourth-order valence-corrected chi connectivity index (χ4v) is 4.19. The third-order valence-electron chi connectivity index (χ3n) is 6.49. The van der Waals surface area contributed by atoms with E-state index in [1.807, 2.05) is 43.3 Å². The largest absolute Gasteiger partial charge is 0.382 e. The first kappa shape index (κ1) is 28.8. The molecule has 2 atom stereocenters. The number of amides is 2. The van der Waals surface area contributed by atoms with Crippen molar-refractivity contribution in [3.8, 4) is 11.1 Å². The van der Waals surface area contributed by atoms with Crippen molar-refractivity contribution in [2.75, 3.05) is 37.7 Å². The molecule has 1 aliphatic heterocycles. The van der Waals surface area contributed by atoms with E-state index in [0.29, 0.717) is 26.2 Å². The van der Waals surface area contributed by atoms with Gasteiger partial charge in [-0.15, -0.1) is 0 Å². The number of anilines is 1. The topological polar surface area (TPSA) is 102 Å². The van der Waals surface area contributed by atoms with E-state index in [0.717, 1.165) is 24.5 Å². The molecular formula is C30H37N3O5. The van der Waals surface area contributed by atoms with Gasteiger partial charge < -0.3 is 19.6 Å². The molecule has 0 aromatic heterocycles. The van der Waals surface area contributed by atoms with Crippen molar-refractivity contribution < 1.29 is 24.6 Å². The number of rotatable bonds is 8. The molecular weight excluding hydrogens is 482 g/mol. The second kappa shape index (κ2) is 14.9. The summed E-state index contributed by atoms with van der Waals surface area (Å²) in [6.07, 6.45) is -1.57. The standard InChI is InChI=1S/C21H25N3O4.C9H12O/c1-15(19(25)20(26)22-28)21(27)24-13-11-23(12-14-24)18-9-7-17(8-10-18)16-5-3-2-4-6-16;1-2-10-8-9-6-4-3-5-7-9/h2-10,15,19,25,28H,11-14H2,1H3,(H,22,26);3-7H,2,8H2,1H3/t15-,19+;/m0./s1. The second-order valence-electron chi connectivity index (χ2n) is 9.06. The highest BCUT2D eigenvalue weighted by Crippen LogP contribution is 2.24. The minimum atomic E-state index is -1.57. The second-order valence-corrected chi connectivity index (χ2v) is 9.06. The average molecular weight is 520 g/mol. The number of hydrogen-bond donors (Lipinski definition) is 3. The Morgan fingerprint density at radius 1 is 0.868 bits per heavy atom. The van der Waals surface area contributed by atoms with Crippen LogP contribution < -0.4 is 10.4 Å². The molecule has 3 N–H and O–H groups in total. The summed E-state index contributed by atoms with van der Waals surface area (Å²) in [6.45, 7) is 7.37. The number of benzene rings is 3. The molecule has 4 rings (SSSR count). The lowest BCUT2D eigenvalue weighted by Crippen LogP contribution is -2.52. The van der Waals surface area contributed by atoms with Crippen LogP contribution in [0.4, 0.5) is 5.69 Å². The molecule has 0 spiro atoms. The molecule has 8 nitrogen and oxygen atoms in total. The number of nitrogens with one attached hydrogen (secondary N) is 1. The number of hydroxylamine groups is 1. The van der Waals surface area contributed by atoms with E-state index in [4.69, 9.17) is 9.94 Å². The van der Waals surface area contributed by atoms with Gasteiger partial charge in [0.2, 0.25) is 5.91 Å². The molecule has 1 fully saturated rings. The van der Waals surface area contributed by atoms with E-state index >= 15 is 0 Å². The van der Waals surface area contributed by atoms with Crippen LogP contribution in [-0.2, 0) is 20.9 Å². The van der Waals surface area contributed by atoms with Gasteiger partial charge >= 0.3 is 0 Å². The molecule has 1 heterocycles. The smallest absolute Gasteiger partial charge is 0.272 e.